The number of aromatic nitrogens is 3. The van der Waals surface area contributed by atoms with Crippen LogP contribution in [0.4, 0.5) is 5.82 Å². The van der Waals surface area contributed by atoms with E-state index in [9.17, 15) is 4.79 Å². The van der Waals surface area contributed by atoms with Crippen LogP contribution in [0.3, 0.4) is 0 Å². The molecule has 6 nitrogen and oxygen atoms in total. The SMILES string of the molecule is CCOC(=O)c1cc2nc(Cl)cc(N(C)C(C)c3ccccc3)n2n1. The molecule has 0 spiro atoms. The zero-order valence-corrected chi connectivity index (χ0v) is 15.1. The Bertz CT molecular complexity index is 895. The van der Waals surface area contributed by atoms with Crippen LogP contribution in [0, 0.1) is 0 Å². The van der Waals surface area contributed by atoms with Crippen LogP contribution in [-0.4, -0.2) is 34.2 Å². The number of esters is 1. The summed E-state index contributed by atoms with van der Waals surface area (Å²) in [6.07, 6.45) is 0. The first-order valence-corrected chi connectivity index (χ1v) is 8.40. The number of rotatable bonds is 5. The lowest BCUT2D eigenvalue weighted by atomic mass is 10.1. The second-order valence-electron chi connectivity index (χ2n) is 5.65. The molecule has 2 heterocycles. The molecule has 0 aliphatic carbocycles. The monoisotopic (exact) mass is 358 g/mol. The third kappa shape index (κ3) is 3.44. The number of benzene rings is 1. The summed E-state index contributed by atoms with van der Waals surface area (Å²) in [5.74, 6) is 0.260. The van der Waals surface area contributed by atoms with Gasteiger partial charge in [-0.2, -0.15) is 9.61 Å². The summed E-state index contributed by atoms with van der Waals surface area (Å²) < 4.78 is 6.62. The van der Waals surface area contributed by atoms with Crippen LogP contribution in [-0.2, 0) is 4.74 Å². The minimum atomic E-state index is -0.478. The fourth-order valence-corrected chi connectivity index (χ4v) is 2.82. The lowest BCUT2D eigenvalue weighted by Gasteiger charge is -2.27. The van der Waals surface area contributed by atoms with Crippen LogP contribution >= 0.6 is 11.6 Å². The highest BCUT2D eigenvalue weighted by atomic mass is 35.5. The molecule has 0 saturated carbocycles. The number of carbonyl (C=O) groups is 1. The van der Waals surface area contributed by atoms with Gasteiger partial charge in [0.05, 0.1) is 12.6 Å². The zero-order chi connectivity index (χ0) is 18.0. The molecule has 1 aromatic carbocycles. The quantitative estimate of drug-likeness (QED) is 0.513. The Hall–Kier alpha value is -2.60. The first-order valence-electron chi connectivity index (χ1n) is 8.02. The van der Waals surface area contributed by atoms with Gasteiger partial charge < -0.3 is 9.64 Å². The van der Waals surface area contributed by atoms with E-state index in [-0.39, 0.29) is 11.7 Å². The predicted octanol–water partition coefficient (Wildman–Crippen LogP) is 3.76. The molecule has 3 aromatic rings. The van der Waals surface area contributed by atoms with Gasteiger partial charge in [-0.15, -0.1) is 0 Å². The molecule has 0 saturated heterocycles. The van der Waals surface area contributed by atoms with Gasteiger partial charge in [0.2, 0.25) is 0 Å². The Morgan fingerprint density at radius 1 is 1.32 bits per heavy atom. The minimum absolute atomic E-state index is 0.0816. The third-order valence-electron chi connectivity index (χ3n) is 4.09. The third-order valence-corrected chi connectivity index (χ3v) is 4.28. The van der Waals surface area contributed by atoms with Crippen molar-refractivity contribution in [3.8, 4) is 0 Å². The van der Waals surface area contributed by atoms with Crippen LogP contribution in [0.25, 0.3) is 5.65 Å². The number of halogens is 1. The molecular weight excluding hydrogens is 340 g/mol. The molecule has 7 heteroatoms. The van der Waals surface area contributed by atoms with E-state index in [0.29, 0.717) is 17.4 Å². The highest BCUT2D eigenvalue weighted by molar-refractivity contribution is 6.29. The van der Waals surface area contributed by atoms with Gasteiger partial charge >= 0.3 is 5.97 Å². The summed E-state index contributed by atoms with van der Waals surface area (Å²) >= 11 is 6.17. The molecule has 1 unspecified atom stereocenters. The Morgan fingerprint density at radius 3 is 2.72 bits per heavy atom. The maximum absolute atomic E-state index is 12.0. The lowest BCUT2D eigenvalue weighted by molar-refractivity contribution is 0.0519. The van der Waals surface area contributed by atoms with E-state index in [1.807, 2.05) is 30.1 Å². The fraction of sp³-hybridized carbons (Fsp3) is 0.278. The maximum Gasteiger partial charge on any atom is 0.358 e. The van der Waals surface area contributed by atoms with E-state index in [0.717, 1.165) is 11.4 Å². The molecule has 2 aromatic heterocycles. The number of hydrogen-bond donors (Lipinski definition) is 0. The second-order valence-corrected chi connectivity index (χ2v) is 6.04. The van der Waals surface area contributed by atoms with Gasteiger partial charge in [0.25, 0.3) is 0 Å². The second kappa shape index (κ2) is 7.11. The van der Waals surface area contributed by atoms with E-state index in [2.05, 4.69) is 29.1 Å². The summed E-state index contributed by atoms with van der Waals surface area (Å²) in [6.45, 7) is 4.13. The molecule has 130 valence electrons. The molecule has 0 amide bonds. The molecule has 25 heavy (non-hydrogen) atoms. The summed E-state index contributed by atoms with van der Waals surface area (Å²) in [5, 5.41) is 4.69. The number of hydrogen-bond acceptors (Lipinski definition) is 5. The van der Waals surface area contributed by atoms with Gasteiger partial charge in [0.15, 0.2) is 11.3 Å². The summed E-state index contributed by atoms with van der Waals surface area (Å²) in [4.78, 5) is 18.2. The van der Waals surface area contributed by atoms with E-state index in [1.54, 1.807) is 23.6 Å². The van der Waals surface area contributed by atoms with Crippen molar-refractivity contribution in [2.75, 3.05) is 18.6 Å². The number of anilines is 1. The first kappa shape index (κ1) is 17.2. The molecule has 0 bridgehead atoms. The van der Waals surface area contributed by atoms with Crippen molar-refractivity contribution in [3.05, 3.63) is 58.9 Å². The van der Waals surface area contributed by atoms with Gasteiger partial charge in [0, 0.05) is 19.2 Å². The fourth-order valence-electron chi connectivity index (χ4n) is 2.64. The van der Waals surface area contributed by atoms with Gasteiger partial charge in [-0.1, -0.05) is 41.9 Å². The smallest absolute Gasteiger partial charge is 0.358 e. The summed E-state index contributed by atoms with van der Waals surface area (Å²) in [7, 11) is 1.95. The van der Waals surface area contributed by atoms with Crippen LogP contribution in [0.1, 0.15) is 35.9 Å². The van der Waals surface area contributed by atoms with Gasteiger partial charge in [0.1, 0.15) is 11.0 Å². The largest absolute Gasteiger partial charge is 0.461 e. The maximum atomic E-state index is 12.0. The highest BCUT2D eigenvalue weighted by Gasteiger charge is 2.20. The number of carbonyl (C=O) groups excluding carboxylic acids is 1. The number of ether oxygens (including phenoxy) is 1. The van der Waals surface area contributed by atoms with Crippen molar-refractivity contribution < 1.29 is 9.53 Å². The summed E-state index contributed by atoms with van der Waals surface area (Å²) in [6, 6.07) is 13.5. The molecule has 0 aliphatic heterocycles. The van der Waals surface area contributed by atoms with Crippen molar-refractivity contribution >= 4 is 29.0 Å². The number of nitrogens with zero attached hydrogens (tertiary/aromatic N) is 4. The average molecular weight is 359 g/mol. The van der Waals surface area contributed by atoms with Crippen LogP contribution in [0.2, 0.25) is 5.15 Å². The zero-order valence-electron chi connectivity index (χ0n) is 14.3. The molecule has 0 N–H and O–H groups in total. The van der Waals surface area contributed by atoms with Crippen molar-refractivity contribution in [1.82, 2.24) is 14.6 Å². The molecule has 3 rings (SSSR count). The molecule has 0 aliphatic rings. The lowest BCUT2D eigenvalue weighted by Crippen LogP contribution is -2.24. The normalized spacial score (nSPS) is 12.2. The molecular formula is C18H19ClN4O2. The predicted molar refractivity (Wildman–Crippen MR) is 97.2 cm³/mol. The van der Waals surface area contributed by atoms with Crippen molar-refractivity contribution in [2.45, 2.75) is 19.9 Å². The first-order chi connectivity index (χ1) is 12.0. The molecule has 0 radical (unpaired) electrons. The van der Waals surface area contributed by atoms with Crippen LogP contribution < -0.4 is 4.90 Å². The van der Waals surface area contributed by atoms with Crippen LogP contribution in [0.5, 0.6) is 0 Å². The average Bonchev–Trinajstić information content (AvgIpc) is 3.04. The highest BCUT2D eigenvalue weighted by Crippen LogP contribution is 2.27. The molecule has 1 atom stereocenters. The van der Waals surface area contributed by atoms with Crippen LogP contribution in [0.15, 0.2) is 42.5 Å². The van der Waals surface area contributed by atoms with Crippen molar-refractivity contribution in [2.24, 2.45) is 0 Å². The standard InChI is InChI=1S/C18H19ClN4O2/c1-4-25-18(24)14-10-16-20-15(19)11-17(23(16)21-14)22(3)12(2)13-8-6-5-7-9-13/h5-12H,4H2,1-3H3. The Balaban J connectivity index is 2.04. The van der Waals surface area contributed by atoms with Gasteiger partial charge in [-0.25, -0.2) is 9.78 Å². The van der Waals surface area contributed by atoms with E-state index >= 15 is 0 Å². The van der Waals surface area contributed by atoms with Crippen molar-refractivity contribution in [1.29, 1.82) is 0 Å². The Kier molecular flexibility index (Phi) is 4.90. The van der Waals surface area contributed by atoms with E-state index in [1.165, 1.54) is 0 Å². The van der Waals surface area contributed by atoms with Gasteiger partial charge in [-0.3, -0.25) is 0 Å². The Labute approximate surface area is 151 Å². The summed E-state index contributed by atoms with van der Waals surface area (Å²) in [5.41, 5.74) is 1.86. The molecule has 0 fully saturated rings. The topological polar surface area (TPSA) is 59.7 Å². The van der Waals surface area contributed by atoms with Gasteiger partial charge in [-0.05, 0) is 19.4 Å². The number of fused-ring (bicyclic) bond motifs is 1. The Morgan fingerprint density at radius 2 is 2.04 bits per heavy atom. The van der Waals surface area contributed by atoms with Crippen molar-refractivity contribution in [3.63, 3.8) is 0 Å². The minimum Gasteiger partial charge on any atom is -0.461 e. The van der Waals surface area contributed by atoms with E-state index < -0.39 is 5.97 Å². The van der Waals surface area contributed by atoms with E-state index in [4.69, 9.17) is 16.3 Å².